The first-order valence-corrected chi connectivity index (χ1v) is 9.13. The number of aromatic hydroxyl groups is 1. The fraction of sp³-hybridized carbons (Fsp3) is 0.562. The highest BCUT2D eigenvalue weighted by molar-refractivity contribution is 7.91. The summed E-state index contributed by atoms with van der Waals surface area (Å²) in [4.78, 5) is 13.9. The van der Waals surface area contributed by atoms with Gasteiger partial charge in [0.15, 0.2) is 9.84 Å². The molecule has 0 bridgehead atoms. The lowest BCUT2D eigenvalue weighted by Crippen LogP contribution is -2.38. The van der Waals surface area contributed by atoms with Crippen LogP contribution in [0.4, 0.5) is 0 Å². The van der Waals surface area contributed by atoms with Crippen LogP contribution in [0.15, 0.2) is 29.2 Å². The molecular weight excluding hydrogens is 302 g/mol. The Morgan fingerprint density at radius 1 is 1.18 bits per heavy atom. The zero-order chi connectivity index (χ0) is 16.9. The molecule has 5 nitrogen and oxygen atoms in total. The average molecular weight is 327 g/mol. The van der Waals surface area contributed by atoms with Crippen LogP contribution in [-0.4, -0.2) is 43.2 Å². The monoisotopic (exact) mass is 327 g/mol. The lowest BCUT2D eigenvalue weighted by Gasteiger charge is -2.26. The molecule has 0 aliphatic heterocycles. The SMILES string of the molecule is CCN(CC(C)CS(=O)(=O)c1ccc(O)cc1)C(=O)C(C)C. The highest BCUT2D eigenvalue weighted by Crippen LogP contribution is 2.18. The number of sulfone groups is 1. The Labute approximate surface area is 132 Å². The van der Waals surface area contributed by atoms with Crippen molar-refractivity contribution in [2.24, 2.45) is 11.8 Å². The molecule has 1 amide bonds. The summed E-state index contributed by atoms with van der Waals surface area (Å²) >= 11 is 0. The van der Waals surface area contributed by atoms with Crippen molar-refractivity contribution in [2.45, 2.75) is 32.6 Å². The molecule has 6 heteroatoms. The Kier molecular flexibility index (Phi) is 6.41. The number of benzene rings is 1. The fourth-order valence-electron chi connectivity index (χ4n) is 2.29. The van der Waals surface area contributed by atoms with Crippen molar-refractivity contribution in [3.05, 3.63) is 24.3 Å². The highest BCUT2D eigenvalue weighted by atomic mass is 32.2. The normalized spacial score (nSPS) is 13.1. The highest BCUT2D eigenvalue weighted by Gasteiger charge is 2.23. The van der Waals surface area contributed by atoms with Crippen molar-refractivity contribution in [3.63, 3.8) is 0 Å². The van der Waals surface area contributed by atoms with E-state index in [0.717, 1.165) is 0 Å². The van der Waals surface area contributed by atoms with Gasteiger partial charge in [0, 0.05) is 19.0 Å². The predicted octanol–water partition coefficient (Wildman–Crippen LogP) is 2.31. The van der Waals surface area contributed by atoms with Crippen molar-refractivity contribution in [3.8, 4) is 5.75 Å². The molecule has 124 valence electrons. The smallest absolute Gasteiger partial charge is 0.225 e. The largest absolute Gasteiger partial charge is 0.508 e. The van der Waals surface area contributed by atoms with Crippen LogP contribution < -0.4 is 0 Å². The molecule has 1 atom stereocenters. The van der Waals surface area contributed by atoms with Crippen LogP contribution >= 0.6 is 0 Å². The lowest BCUT2D eigenvalue weighted by atomic mass is 10.1. The number of carbonyl (C=O) groups is 1. The van der Waals surface area contributed by atoms with Gasteiger partial charge in [0.25, 0.3) is 0 Å². The molecule has 1 aromatic rings. The number of hydrogen-bond donors (Lipinski definition) is 1. The number of phenols is 1. The van der Waals surface area contributed by atoms with Crippen LogP contribution in [0, 0.1) is 11.8 Å². The molecule has 1 unspecified atom stereocenters. The number of hydrogen-bond acceptors (Lipinski definition) is 4. The third-order valence-electron chi connectivity index (χ3n) is 3.42. The second-order valence-corrected chi connectivity index (χ2v) is 7.95. The second-order valence-electron chi connectivity index (χ2n) is 5.91. The third-order valence-corrected chi connectivity index (χ3v) is 5.42. The van der Waals surface area contributed by atoms with E-state index in [9.17, 15) is 18.3 Å². The molecule has 0 aliphatic carbocycles. The summed E-state index contributed by atoms with van der Waals surface area (Å²) in [5, 5.41) is 9.23. The van der Waals surface area contributed by atoms with Crippen molar-refractivity contribution in [2.75, 3.05) is 18.8 Å². The minimum atomic E-state index is -3.43. The van der Waals surface area contributed by atoms with E-state index in [-0.39, 0.29) is 34.1 Å². The summed E-state index contributed by atoms with van der Waals surface area (Å²) in [7, 11) is -3.43. The molecule has 0 heterocycles. The van der Waals surface area contributed by atoms with E-state index in [2.05, 4.69) is 0 Å². The minimum absolute atomic E-state index is 0.0281. The van der Waals surface area contributed by atoms with Crippen molar-refractivity contribution < 1.29 is 18.3 Å². The molecule has 0 radical (unpaired) electrons. The van der Waals surface area contributed by atoms with E-state index in [4.69, 9.17) is 0 Å². The molecular formula is C16H25NO4S. The summed E-state index contributed by atoms with van der Waals surface area (Å²) < 4.78 is 24.7. The Morgan fingerprint density at radius 2 is 1.73 bits per heavy atom. The number of nitrogens with zero attached hydrogens (tertiary/aromatic N) is 1. The predicted molar refractivity (Wildman–Crippen MR) is 86.4 cm³/mol. The summed E-state index contributed by atoms with van der Waals surface area (Å²) in [6.45, 7) is 8.38. The zero-order valence-corrected chi connectivity index (χ0v) is 14.4. The van der Waals surface area contributed by atoms with Crippen molar-refractivity contribution >= 4 is 15.7 Å². The lowest BCUT2D eigenvalue weighted by molar-refractivity contribution is -0.134. The van der Waals surface area contributed by atoms with Gasteiger partial charge in [-0.05, 0) is 37.1 Å². The quantitative estimate of drug-likeness (QED) is 0.834. The molecule has 0 saturated heterocycles. The molecule has 0 spiro atoms. The summed E-state index contributed by atoms with van der Waals surface area (Å²) in [6.07, 6.45) is 0. The van der Waals surface area contributed by atoms with Gasteiger partial charge in [0.2, 0.25) is 5.91 Å². The van der Waals surface area contributed by atoms with E-state index >= 15 is 0 Å². The van der Waals surface area contributed by atoms with E-state index in [1.807, 2.05) is 27.7 Å². The molecule has 0 saturated carbocycles. The first-order chi connectivity index (χ1) is 10.2. The fourth-order valence-corrected chi connectivity index (χ4v) is 3.89. The van der Waals surface area contributed by atoms with Gasteiger partial charge in [0.05, 0.1) is 10.6 Å². The summed E-state index contributed by atoms with van der Waals surface area (Å²) in [6, 6.07) is 5.51. The van der Waals surface area contributed by atoms with Gasteiger partial charge in [-0.2, -0.15) is 0 Å². The zero-order valence-electron chi connectivity index (χ0n) is 13.6. The van der Waals surface area contributed by atoms with Gasteiger partial charge in [-0.1, -0.05) is 20.8 Å². The molecule has 0 aromatic heterocycles. The summed E-state index contributed by atoms with van der Waals surface area (Å²) in [5.41, 5.74) is 0. The minimum Gasteiger partial charge on any atom is -0.508 e. The van der Waals surface area contributed by atoms with E-state index < -0.39 is 9.84 Å². The Hall–Kier alpha value is -1.56. The Balaban J connectivity index is 2.76. The maximum Gasteiger partial charge on any atom is 0.225 e. The topological polar surface area (TPSA) is 74.7 Å². The first kappa shape index (κ1) is 18.5. The average Bonchev–Trinajstić information content (AvgIpc) is 2.43. The molecule has 1 N–H and O–H groups in total. The van der Waals surface area contributed by atoms with E-state index in [1.165, 1.54) is 24.3 Å². The Bertz CT molecular complexity index is 593. The van der Waals surface area contributed by atoms with Crippen LogP contribution in [0.25, 0.3) is 0 Å². The number of carbonyl (C=O) groups excluding carboxylic acids is 1. The van der Waals surface area contributed by atoms with Gasteiger partial charge >= 0.3 is 0 Å². The molecule has 0 fully saturated rings. The van der Waals surface area contributed by atoms with E-state index in [0.29, 0.717) is 13.1 Å². The van der Waals surface area contributed by atoms with Gasteiger partial charge in [-0.3, -0.25) is 4.79 Å². The number of amides is 1. The molecule has 22 heavy (non-hydrogen) atoms. The number of rotatable bonds is 7. The maximum atomic E-state index is 12.3. The molecule has 0 aliphatic rings. The van der Waals surface area contributed by atoms with Crippen LogP contribution in [0.5, 0.6) is 5.75 Å². The third kappa shape index (κ3) is 5.02. The first-order valence-electron chi connectivity index (χ1n) is 7.48. The van der Waals surface area contributed by atoms with Crippen molar-refractivity contribution in [1.29, 1.82) is 0 Å². The standard InChI is InChI=1S/C16H25NO4S/c1-5-17(16(19)12(2)3)10-13(4)11-22(20,21)15-8-6-14(18)7-9-15/h6-9,12-13,18H,5,10-11H2,1-4H3. The van der Waals surface area contributed by atoms with Crippen LogP contribution in [0.1, 0.15) is 27.7 Å². The van der Waals surface area contributed by atoms with Crippen LogP contribution in [0.2, 0.25) is 0 Å². The van der Waals surface area contributed by atoms with Gasteiger partial charge < -0.3 is 10.0 Å². The van der Waals surface area contributed by atoms with Gasteiger partial charge in [-0.25, -0.2) is 8.42 Å². The Morgan fingerprint density at radius 3 is 2.18 bits per heavy atom. The van der Waals surface area contributed by atoms with Crippen LogP contribution in [-0.2, 0) is 14.6 Å². The van der Waals surface area contributed by atoms with Gasteiger partial charge in [0.1, 0.15) is 5.75 Å². The maximum absolute atomic E-state index is 12.3. The second kappa shape index (κ2) is 7.63. The molecule has 1 rings (SSSR count). The van der Waals surface area contributed by atoms with Gasteiger partial charge in [-0.15, -0.1) is 0 Å². The summed E-state index contributed by atoms with van der Waals surface area (Å²) in [5.74, 6) is -0.218. The van der Waals surface area contributed by atoms with Crippen LogP contribution in [0.3, 0.4) is 0 Å². The number of phenolic OH excluding ortho intramolecular Hbond substituents is 1. The van der Waals surface area contributed by atoms with Crippen molar-refractivity contribution in [1.82, 2.24) is 4.90 Å². The van der Waals surface area contributed by atoms with E-state index in [1.54, 1.807) is 4.90 Å². The molecule has 1 aromatic carbocycles.